The third-order valence-corrected chi connectivity index (χ3v) is 4.65. The first-order valence-corrected chi connectivity index (χ1v) is 8.40. The summed E-state index contributed by atoms with van der Waals surface area (Å²) >= 11 is 1.84. The number of thioether (sulfide) groups is 1. The number of aliphatic imine (C=N–C) groups is 1. The Balaban J connectivity index is 0.00000220. The lowest BCUT2D eigenvalue weighted by atomic mass is 9.96. The van der Waals surface area contributed by atoms with E-state index in [-0.39, 0.29) is 24.0 Å². The molecule has 3 N–H and O–H groups in total. The van der Waals surface area contributed by atoms with Crippen molar-refractivity contribution in [1.82, 2.24) is 5.32 Å². The highest BCUT2D eigenvalue weighted by Gasteiger charge is 2.13. The van der Waals surface area contributed by atoms with E-state index in [2.05, 4.69) is 41.5 Å². The molecule has 21 heavy (non-hydrogen) atoms. The van der Waals surface area contributed by atoms with E-state index in [1.165, 1.54) is 37.0 Å². The van der Waals surface area contributed by atoms with Gasteiger partial charge in [-0.3, -0.25) is 4.99 Å². The van der Waals surface area contributed by atoms with Crippen LogP contribution in [0.4, 0.5) is 0 Å². The summed E-state index contributed by atoms with van der Waals surface area (Å²) in [6.45, 7) is 2.94. The molecule has 0 spiro atoms. The number of guanidine groups is 1. The number of nitrogens with zero attached hydrogens (tertiary/aromatic N) is 1. The summed E-state index contributed by atoms with van der Waals surface area (Å²) in [6, 6.07) is 11.0. The summed E-state index contributed by atoms with van der Waals surface area (Å²) in [5.74, 6) is 0.609. The minimum Gasteiger partial charge on any atom is -0.370 e. The van der Waals surface area contributed by atoms with Crippen LogP contribution in [0.3, 0.4) is 0 Å². The molecule has 0 amide bonds. The van der Waals surface area contributed by atoms with Crippen molar-refractivity contribution in [2.45, 2.75) is 55.2 Å². The van der Waals surface area contributed by atoms with Crippen molar-refractivity contribution in [2.24, 2.45) is 10.7 Å². The Morgan fingerprint density at radius 3 is 2.62 bits per heavy atom. The highest BCUT2D eigenvalue weighted by molar-refractivity contribution is 14.0. The van der Waals surface area contributed by atoms with Crippen LogP contribution in [-0.4, -0.2) is 23.8 Å². The number of hydrogen-bond acceptors (Lipinski definition) is 2. The molecular weight excluding hydrogens is 393 g/mol. The Labute approximate surface area is 149 Å². The monoisotopic (exact) mass is 419 g/mol. The molecule has 1 unspecified atom stereocenters. The van der Waals surface area contributed by atoms with Crippen LogP contribution >= 0.6 is 35.7 Å². The number of nitrogens with two attached hydrogens (primary N) is 1. The number of rotatable bonds is 5. The van der Waals surface area contributed by atoms with E-state index in [9.17, 15) is 0 Å². The number of hydrogen-bond donors (Lipinski definition) is 2. The van der Waals surface area contributed by atoms with Gasteiger partial charge in [-0.05, 0) is 25.0 Å². The average Bonchev–Trinajstić information content (AvgIpc) is 2.47. The van der Waals surface area contributed by atoms with Gasteiger partial charge in [-0.1, -0.05) is 44.4 Å². The maximum absolute atomic E-state index is 5.98. The molecular formula is C16H26IN3S. The Bertz CT molecular complexity index is 419. The van der Waals surface area contributed by atoms with Crippen LogP contribution in [0.5, 0.6) is 0 Å². The molecule has 1 saturated carbocycles. The molecule has 0 radical (unpaired) electrons. The van der Waals surface area contributed by atoms with E-state index in [0.717, 1.165) is 6.54 Å². The summed E-state index contributed by atoms with van der Waals surface area (Å²) in [5, 5.41) is 3.79. The van der Waals surface area contributed by atoms with Crippen LogP contribution in [-0.2, 0) is 0 Å². The molecule has 1 atom stereocenters. The quantitative estimate of drug-likeness (QED) is 0.328. The van der Waals surface area contributed by atoms with Crippen molar-refractivity contribution >= 4 is 41.7 Å². The SMILES string of the molecule is CC(CN=C(N)NC1CCCCC1)Sc1ccccc1.I. The molecule has 3 nitrogen and oxygen atoms in total. The molecule has 0 aliphatic heterocycles. The summed E-state index contributed by atoms with van der Waals surface area (Å²) in [7, 11) is 0. The van der Waals surface area contributed by atoms with Crippen molar-refractivity contribution in [2.75, 3.05) is 6.54 Å². The zero-order chi connectivity index (χ0) is 14.2. The minimum absolute atomic E-state index is 0. The highest BCUT2D eigenvalue weighted by Crippen LogP contribution is 2.22. The molecule has 1 aliphatic rings. The topological polar surface area (TPSA) is 50.4 Å². The molecule has 118 valence electrons. The van der Waals surface area contributed by atoms with E-state index in [0.29, 0.717) is 17.3 Å². The predicted octanol–water partition coefficient (Wildman–Crippen LogP) is 4.02. The second-order valence-electron chi connectivity index (χ2n) is 5.45. The first kappa shape index (κ1) is 18.6. The third-order valence-electron chi connectivity index (χ3n) is 3.56. The van der Waals surface area contributed by atoms with Gasteiger partial charge in [-0.2, -0.15) is 0 Å². The molecule has 0 saturated heterocycles. The first-order chi connectivity index (χ1) is 9.74. The summed E-state index contributed by atoms with van der Waals surface area (Å²) < 4.78 is 0. The van der Waals surface area contributed by atoms with Crippen LogP contribution in [0.1, 0.15) is 39.0 Å². The number of nitrogens with one attached hydrogen (secondary N) is 1. The Morgan fingerprint density at radius 2 is 1.95 bits per heavy atom. The van der Waals surface area contributed by atoms with Gasteiger partial charge in [0.05, 0.1) is 6.54 Å². The van der Waals surface area contributed by atoms with Gasteiger partial charge in [0.25, 0.3) is 0 Å². The predicted molar refractivity (Wildman–Crippen MR) is 104 cm³/mol. The van der Waals surface area contributed by atoms with E-state index < -0.39 is 0 Å². The normalized spacial score (nSPS) is 17.9. The lowest BCUT2D eigenvalue weighted by molar-refractivity contribution is 0.412. The van der Waals surface area contributed by atoms with E-state index in [1.54, 1.807) is 0 Å². The molecule has 1 fully saturated rings. The Hall–Kier alpha value is -0.430. The smallest absolute Gasteiger partial charge is 0.188 e. The fourth-order valence-corrected chi connectivity index (χ4v) is 3.43. The first-order valence-electron chi connectivity index (χ1n) is 7.52. The van der Waals surface area contributed by atoms with Crippen LogP contribution in [0.15, 0.2) is 40.2 Å². The third kappa shape index (κ3) is 7.40. The molecule has 0 bridgehead atoms. The van der Waals surface area contributed by atoms with Gasteiger partial charge < -0.3 is 11.1 Å². The minimum atomic E-state index is 0. The van der Waals surface area contributed by atoms with Gasteiger partial charge in [0.15, 0.2) is 5.96 Å². The maximum Gasteiger partial charge on any atom is 0.188 e. The summed E-state index contributed by atoms with van der Waals surface area (Å²) in [6.07, 6.45) is 6.44. The number of benzene rings is 1. The molecule has 0 aromatic heterocycles. The second-order valence-corrected chi connectivity index (χ2v) is 6.96. The molecule has 1 aromatic carbocycles. The van der Waals surface area contributed by atoms with Gasteiger partial charge in [0.1, 0.15) is 0 Å². The molecule has 1 aliphatic carbocycles. The van der Waals surface area contributed by atoms with Gasteiger partial charge >= 0.3 is 0 Å². The van der Waals surface area contributed by atoms with Crippen LogP contribution < -0.4 is 11.1 Å². The lowest BCUT2D eigenvalue weighted by Crippen LogP contribution is -2.41. The fraction of sp³-hybridized carbons (Fsp3) is 0.562. The second kappa shape index (κ2) is 10.3. The maximum atomic E-state index is 5.98. The van der Waals surface area contributed by atoms with Crippen LogP contribution in [0, 0.1) is 0 Å². The van der Waals surface area contributed by atoms with E-state index in [4.69, 9.17) is 5.73 Å². The largest absolute Gasteiger partial charge is 0.370 e. The highest BCUT2D eigenvalue weighted by atomic mass is 127. The molecule has 2 rings (SSSR count). The zero-order valence-electron chi connectivity index (χ0n) is 12.6. The summed E-state index contributed by atoms with van der Waals surface area (Å²) in [5.41, 5.74) is 5.98. The average molecular weight is 419 g/mol. The van der Waals surface area contributed by atoms with Crippen molar-refractivity contribution in [1.29, 1.82) is 0 Å². The Morgan fingerprint density at radius 1 is 1.29 bits per heavy atom. The number of halogens is 1. The van der Waals surface area contributed by atoms with Crippen LogP contribution in [0.2, 0.25) is 0 Å². The summed E-state index contributed by atoms with van der Waals surface area (Å²) in [4.78, 5) is 5.76. The van der Waals surface area contributed by atoms with Crippen molar-refractivity contribution in [3.8, 4) is 0 Å². The van der Waals surface area contributed by atoms with Crippen LogP contribution in [0.25, 0.3) is 0 Å². The lowest BCUT2D eigenvalue weighted by Gasteiger charge is -2.23. The van der Waals surface area contributed by atoms with Gasteiger partial charge in [-0.15, -0.1) is 35.7 Å². The fourth-order valence-electron chi connectivity index (χ4n) is 2.50. The van der Waals surface area contributed by atoms with E-state index >= 15 is 0 Å². The zero-order valence-corrected chi connectivity index (χ0v) is 15.8. The van der Waals surface area contributed by atoms with Gasteiger partial charge in [-0.25, -0.2) is 0 Å². The standard InChI is InChI=1S/C16H25N3S.HI/c1-13(20-15-10-6-3-7-11-15)12-18-16(17)19-14-8-4-2-5-9-14;/h3,6-7,10-11,13-14H,2,4-5,8-9,12H2,1H3,(H3,17,18,19);1H. The molecule has 1 aromatic rings. The van der Waals surface area contributed by atoms with E-state index in [1.807, 2.05) is 17.8 Å². The Kier molecular flexibility index (Phi) is 9.15. The van der Waals surface area contributed by atoms with Crippen molar-refractivity contribution < 1.29 is 0 Å². The van der Waals surface area contributed by atoms with Crippen molar-refractivity contribution in [3.05, 3.63) is 30.3 Å². The molecule has 0 heterocycles. The van der Waals surface area contributed by atoms with Crippen molar-refractivity contribution in [3.63, 3.8) is 0 Å². The molecule has 5 heteroatoms. The van der Waals surface area contributed by atoms with Gasteiger partial charge in [0, 0.05) is 16.2 Å². The van der Waals surface area contributed by atoms with Gasteiger partial charge in [0.2, 0.25) is 0 Å².